The molecule has 0 radical (unpaired) electrons. The van der Waals surface area contributed by atoms with Crippen molar-refractivity contribution >= 4 is 0 Å². The average molecular weight is 262 g/mol. The van der Waals surface area contributed by atoms with Crippen molar-refractivity contribution in [3.8, 4) is 16.9 Å². The SMILES string of the molecule is Cc1ccccc1-c1c2c(cc[n+]1C)-n1ccnc1C2. The highest BCUT2D eigenvalue weighted by Gasteiger charge is 2.28. The number of fused-ring (bicyclic) bond motifs is 3. The second-order valence-electron chi connectivity index (χ2n) is 5.34. The molecule has 0 aliphatic carbocycles. The van der Waals surface area contributed by atoms with E-state index in [9.17, 15) is 0 Å². The third kappa shape index (κ3) is 1.46. The molecular weight excluding hydrogens is 246 g/mol. The fourth-order valence-corrected chi connectivity index (χ4v) is 3.13. The molecule has 3 heterocycles. The Balaban J connectivity index is 2.02. The maximum atomic E-state index is 4.45. The van der Waals surface area contributed by atoms with E-state index in [1.165, 1.54) is 28.1 Å². The Hall–Kier alpha value is -2.42. The summed E-state index contributed by atoms with van der Waals surface area (Å²) in [7, 11) is 2.11. The summed E-state index contributed by atoms with van der Waals surface area (Å²) in [5.74, 6) is 1.13. The van der Waals surface area contributed by atoms with Crippen LogP contribution < -0.4 is 4.57 Å². The minimum absolute atomic E-state index is 0.903. The molecule has 1 aliphatic heterocycles. The summed E-state index contributed by atoms with van der Waals surface area (Å²) >= 11 is 0. The first-order valence-corrected chi connectivity index (χ1v) is 6.86. The van der Waals surface area contributed by atoms with E-state index < -0.39 is 0 Å². The Labute approximate surface area is 118 Å². The molecule has 4 rings (SSSR count). The minimum Gasteiger partial charge on any atom is -0.303 e. The van der Waals surface area contributed by atoms with E-state index in [1.807, 2.05) is 12.4 Å². The highest BCUT2D eigenvalue weighted by molar-refractivity contribution is 5.69. The molecule has 0 N–H and O–H groups in total. The topological polar surface area (TPSA) is 21.7 Å². The lowest BCUT2D eigenvalue weighted by atomic mass is 9.99. The minimum atomic E-state index is 0.903. The van der Waals surface area contributed by atoms with Gasteiger partial charge in [0.15, 0.2) is 6.20 Å². The predicted octanol–water partition coefficient (Wildman–Crippen LogP) is 2.58. The van der Waals surface area contributed by atoms with E-state index in [0.29, 0.717) is 0 Å². The number of aryl methyl sites for hydroxylation is 2. The van der Waals surface area contributed by atoms with Gasteiger partial charge in [-0.05, 0) is 18.6 Å². The summed E-state index contributed by atoms with van der Waals surface area (Å²) in [4.78, 5) is 4.45. The molecule has 1 aromatic carbocycles. The normalized spacial score (nSPS) is 12.3. The van der Waals surface area contributed by atoms with Crippen LogP contribution in [0.4, 0.5) is 0 Å². The molecule has 0 bridgehead atoms. The van der Waals surface area contributed by atoms with E-state index in [0.717, 1.165) is 12.2 Å². The summed E-state index contributed by atoms with van der Waals surface area (Å²) in [6.07, 6.45) is 6.96. The molecule has 0 fully saturated rings. The molecule has 2 aromatic heterocycles. The highest BCUT2D eigenvalue weighted by atomic mass is 15.1. The molecule has 20 heavy (non-hydrogen) atoms. The van der Waals surface area contributed by atoms with Gasteiger partial charge in [0.2, 0.25) is 5.69 Å². The molecule has 0 saturated carbocycles. The van der Waals surface area contributed by atoms with E-state index in [2.05, 4.69) is 64.6 Å². The summed E-state index contributed by atoms with van der Waals surface area (Å²) in [5, 5.41) is 0. The zero-order valence-corrected chi connectivity index (χ0v) is 11.7. The first-order chi connectivity index (χ1) is 9.75. The molecule has 0 saturated heterocycles. The molecule has 0 amide bonds. The van der Waals surface area contributed by atoms with Gasteiger partial charge in [-0.15, -0.1) is 0 Å². The Morgan fingerprint density at radius 1 is 1.20 bits per heavy atom. The standard InChI is InChI=1S/C17H16N3/c1-12-5-3-4-6-13(12)17-14-11-16-18-8-10-20(16)15(14)7-9-19(17)2/h3-10H,11H2,1-2H3/q+1. The lowest BCUT2D eigenvalue weighted by Gasteiger charge is -2.09. The fraction of sp³-hybridized carbons (Fsp3) is 0.176. The van der Waals surface area contributed by atoms with Crippen molar-refractivity contribution in [2.45, 2.75) is 13.3 Å². The van der Waals surface area contributed by atoms with Crippen LogP contribution in [0, 0.1) is 6.92 Å². The first-order valence-electron chi connectivity index (χ1n) is 6.86. The number of hydrogen-bond acceptors (Lipinski definition) is 1. The molecular formula is C17H16N3+. The number of hydrogen-bond donors (Lipinski definition) is 0. The van der Waals surface area contributed by atoms with Crippen molar-refractivity contribution in [1.29, 1.82) is 0 Å². The van der Waals surface area contributed by atoms with E-state index in [1.54, 1.807) is 0 Å². The first kappa shape index (κ1) is 11.4. The van der Waals surface area contributed by atoms with Crippen molar-refractivity contribution in [2.75, 3.05) is 0 Å². The quantitative estimate of drug-likeness (QED) is 0.483. The van der Waals surface area contributed by atoms with Crippen molar-refractivity contribution in [3.63, 3.8) is 0 Å². The van der Waals surface area contributed by atoms with Crippen molar-refractivity contribution in [3.05, 3.63) is 65.9 Å². The van der Waals surface area contributed by atoms with Crippen LogP contribution in [0.25, 0.3) is 16.9 Å². The van der Waals surface area contributed by atoms with Gasteiger partial charge in [0.1, 0.15) is 12.9 Å². The van der Waals surface area contributed by atoms with E-state index in [-0.39, 0.29) is 0 Å². The Kier molecular flexibility index (Phi) is 2.30. The van der Waals surface area contributed by atoms with Crippen LogP contribution in [0.3, 0.4) is 0 Å². The van der Waals surface area contributed by atoms with E-state index >= 15 is 0 Å². The van der Waals surface area contributed by atoms with Gasteiger partial charge in [-0.25, -0.2) is 9.55 Å². The number of benzene rings is 1. The van der Waals surface area contributed by atoms with E-state index in [4.69, 9.17) is 0 Å². The van der Waals surface area contributed by atoms with Crippen LogP contribution in [0.15, 0.2) is 48.9 Å². The number of rotatable bonds is 1. The van der Waals surface area contributed by atoms with Crippen LogP contribution in [0.2, 0.25) is 0 Å². The molecule has 1 aliphatic rings. The predicted molar refractivity (Wildman–Crippen MR) is 77.7 cm³/mol. The van der Waals surface area contributed by atoms with Crippen LogP contribution in [0.1, 0.15) is 17.0 Å². The van der Waals surface area contributed by atoms with Crippen LogP contribution in [0.5, 0.6) is 0 Å². The number of imidazole rings is 1. The number of pyridine rings is 1. The van der Waals surface area contributed by atoms with Crippen molar-refractivity contribution in [1.82, 2.24) is 9.55 Å². The molecule has 0 atom stereocenters. The largest absolute Gasteiger partial charge is 0.303 e. The smallest absolute Gasteiger partial charge is 0.218 e. The highest BCUT2D eigenvalue weighted by Crippen LogP contribution is 2.33. The maximum Gasteiger partial charge on any atom is 0.218 e. The lowest BCUT2D eigenvalue weighted by molar-refractivity contribution is -0.660. The lowest BCUT2D eigenvalue weighted by Crippen LogP contribution is -2.32. The molecule has 3 heteroatoms. The summed E-state index contributed by atoms with van der Waals surface area (Å²) in [5.41, 5.74) is 6.53. The van der Waals surface area contributed by atoms with Gasteiger partial charge in [0.25, 0.3) is 0 Å². The van der Waals surface area contributed by atoms with Crippen LogP contribution in [-0.4, -0.2) is 9.55 Å². The Morgan fingerprint density at radius 2 is 2.05 bits per heavy atom. The monoisotopic (exact) mass is 262 g/mol. The summed E-state index contributed by atoms with van der Waals surface area (Å²) in [6, 6.07) is 10.7. The van der Waals surface area contributed by atoms with Gasteiger partial charge in [-0.1, -0.05) is 18.2 Å². The van der Waals surface area contributed by atoms with Gasteiger partial charge in [0, 0.05) is 30.4 Å². The molecule has 3 aromatic rings. The molecule has 0 unspecified atom stereocenters. The molecule has 3 nitrogen and oxygen atoms in total. The van der Waals surface area contributed by atoms with Gasteiger partial charge in [0.05, 0.1) is 11.3 Å². The van der Waals surface area contributed by atoms with Gasteiger partial charge < -0.3 is 4.57 Å². The van der Waals surface area contributed by atoms with Crippen molar-refractivity contribution in [2.24, 2.45) is 7.05 Å². The number of aromatic nitrogens is 3. The molecule has 98 valence electrons. The van der Waals surface area contributed by atoms with Gasteiger partial charge in [-0.3, -0.25) is 0 Å². The number of nitrogens with zero attached hydrogens (tertiary/aromatic N) is 3. The third-order valence-corrected chi connectivity index (χ3v) is 4.12. The third-order valence-electron chi connectivity index (χ3n) is 4.12. The van der Waals surface area contributed by atoms with Crippen LogP contribution >= 0.6 is 0 Å². The van der Waals surface area contributed by atoms with Crippen molar-refractivity contribution < 1.29 is 4.57 Å². The average Bonchev–Trinajstić information content (AvgIpc) is 3.00. The second kappa shape index (κ2) is 4.04. The fourth-order valence-electron chi connectivity index (χ4n) is 3.13. The zero-order chi connectivity index (χ0) is 13.7. The summed E-state index contributed by atoms with van der Waals surface area (Å²) < 4.78 is 4.41. The maximum absolute atomic E-state index is 4.45. The Morgan fingerprint density at radius 3 is 2.90 bits per heavy atom. The zero-order valence-electron chi connectivity index (χ0n) is 11.7. The van der Waals surface area contributed by atoms with Gasteiger partial charge in [-0.2, -0.15) is 0 Å². The second-order valence-corrected chi connectivity index (χ2v) is 5.34. The molecule has 0 spiro atoms. The summed E-state index contributed by atoms with van der Waals surface area (Å²) in [6.45, 7) is 2.17. The van der Waals surface area contributed by atoms with Crippen LogP contribution in [-0.2, 0) is 13.5 Å². The van der Waals surface area contributed by atoms with Gasteiger partial charge >= 0.3 is 0 Å². The Bertz CT molecular complexity index is 815.